The fourth-order valence-corrected chi connectivity index (χ4v) is 4.78. The topological polar surface area (TPSA) is 65.5 Å². The molecule has 2 saturated heterocycles. The summed E-state index contributed by atoms with van der Waals surface area (Å²) in [5.41, 5.74) is 0.676. The van der Waals surface area contributed by atoms with Crippen molar-refractivity contribution in [3.63, 3.8) is 0 Å². The van der Waals surface area contributed by atoms with Crippen molar-refractivity contribution in [2.45, 2.75) is 69.2 Å². The number of aromatic hydroxyl groups is 1. The van der Waals surface area contributed by atoms with Gasteiger partial charge in [0.25, 0.3) is 0 Å². The maximum absolute atomic E-state index is 11.3. The van der Waals surface area contributed by atoms with E-state index < -0.39 is 5.60 Å². The minimum atomic E-state index is -0.603. The number of phenols is 1. The van der Waals surface area contributed by atoms with Gasteiger partial charge in [0.2, 0.25) is 0 Å². The number of benzene rings is 1. The van der Waals surface area contributed by atoms with Crippen LogP contribution in [0.1, 0.15) is 51.5 Å². The van der Waals surface area contributed by atoms with Gasteiger partial charge >= 0.3 is 0 Å². The first-order valence-electron chi connectivity index (χ1n) is 9.62. The molecule has 0 bridgehead atoms. The zero-order chi connectivity index (χ0) is 17.7. The van der Waals surface area contributed by atoms with E-state index in [1.807, 2.05) is 12.1 Å². The summed E-state index contributed by atoms with van der Waals surface area (Å²) in [7, 11) is 0. The van der Waals surface area contributed by atoms with Gasteiger partial charge in [-0.1, -0.05) is 26.0 Å². The molecule has 3 aliphatic rings. The van der Waals surface area contributed by atoms with Crippen LogP contribution in [-0.4, -0.2) is 41.2 Å². The maximum Gasteiger partial charge on any atom is 0.115 e. The Bertz CT molecular complexity index is 603. The van der Waals surface area contributed by atoms with E-state index in [0.29, 0.717) is 17.8 Å². The molecule has 4 rings (SSSR count). The molecule has 5 atom stereocenters. The second-order valence-electron chi connectivity index (χ2n) is 8.89. The second-order valence-corrected chi connectivity index (χ2v) is 8.89. The molecule has 0 radical (unpaired) electrons. The van der Waals surface area contributed by atoms with Gasteiger partial charge in [0, 0.05) is 6.42 Å². The third-order valence-corrected chi connectivity index (χ3v) is 6.82. The van der Waals surface area contributed by atoms with Crippen LogP contribution in [0.3, 0.4) is 0 Å². The molecular formula is C21H30O4. The highest BCUT2D eigenvalue weighted by Gasteiger charge is 2.50. The molecule has 0 amide bonds. The van der Waals surface area contributed by atoms with E-state index in [0.717, 1.165) is 45.3 Å². The van der Waals surface area contributed by atoms with E-state index in [4.69, 9.17) is 9.47 Å². The highest BCUT2D eigenvalue weighted by Crippen LogP contribution is 2.50. The van der Waals surface area contributed by atoms with Crippen molar-refractivity contribution in [2.75, 3.05) is 13.2 Å². The number of ether oxygens (including phenoxy) is 2. The van der Waals surface area contributed by atoms with Crippen LogP contribution >= 0.6 is 0 Å². The summed E-state index contributed by atoms with van der Waals surface area (Å²) in [4.78, 5) is 0. The quantitative estimate of drug-likeness (QED) is 0.775. The van der Waals surface area contributed by atoms with Gasteiger partial charge in [0.1, 0.15) is 5.75 Å². The first-order valence-corrected chi connectivity index (χ1v) is 9.62. The third kappa shape index (κ3) is 3.71. The minimum absolute atomic E-state index is 0.0216. The lowest BCUT2D eigenvalue weighted by molar-refractivity contribution is -0.0843. The highest BCUT2D eigenvalue weighted by molar-refractivity contribution is 5.31. The smallest absolute Gasteiger partial charge is 0.115 e. The van der Waals surface area contributed by atoms with Gasteiger partial charge < -0.3 is 19.7 Å². The number of aliphatic hydroxyl groups is 1. The minimum Gasteiger partial charge on any atom is -0.508 e. The van der Waals surface area contributed by atoms with Gasteiger partial charge in [0.05, 0.1) is 31.0 Å². The van der Waals surface area contributed by atoms with E-state index in [1.54, 1.807) is 12.1 Å². The molecule has 2 aliphatic heterocycles. The van der Waals surface area contributed by atoms with E-state index in [9.17, 15) is 10.2 Å². The summed E-state index contributed by atoms with van der Waals surface area (Å²) in [6.07, 6.45) is 5.23. The van der Waals surface area contributed by atoms with Crippen molar-refractivity contribution in [2.24, 2.45) is 11.8 Å². The van der Waals surface area contributed by atoms with Crippen LogP contribution in [-0.2, 0) is 14.9 Å². The maximum atomic E-state index is 11.3. The molecule has 1 aliphatic carbocycles. The van der Waals surface area contributed by atoms with E-state index >= 15 is 0 Å². The van der Waals surface area contributed by atoms with Gasteiger partial charge in [-0.2, -0.15) is 0 Å². The largest absolute Gasteiger partial charge is 0.508 e. The van der Waals surface area contributed by atoms with Crippen molar-refractivity contribution in [3.05, 3.63) is 29.8 Å². The summed E-state index contributed by atoms with van der Waals surface area (Å²) >= 11 is 0. The molecule has 2 N–H and O–H groups in total. The Labute approximate surface area is 150 Å². The van der Waals surface area contributed by atoms with Crippen LogP contribution in [0.5, 0.6) is 5.75 Å². The molecule has 1 aromatic carbocycles. The summed E-state index contributed by atoms with van der Waals surface area (Å²) in [6.45, 7) is 6.24. The predicted molar refractivity (Wildman–Crippen MR) is 95.6 cm³/mol. The molecule has 0 spiro atoms. The van der Waals surface area contributed by atoms with Crippen LogP contribution in [0.2, 0.25) is 0 Å². The van der Waals surface area contributed by atoms with E-state index in [1.165, 1.54) is 5.56 Å². The highest BCUT2D eigenvalue weighted by atomic mass is 16.6. The Balaban J connectivity index is 1.51. The Morgan fingerprint density at radius 1 is 1.12 bits per heavy atom. The molecule has 4 nitrogen and oxygen atoms in total. The van der Waals surface area contributed by atoms with Crippen LogP contribution in [0.4, 0.5) is 0 Å². The molecule has 4 heteroatoms. The van der Waals surface area contributed by atoms with Crippen molar-refractivity contribution in [1.82, 2.24) is 0 Å². The molecule has 5 unspecified atom stereocenters. The fourth-order valence-electron chi connectivity index (χ4n) is 4.78. The van der Waals surface area contributed by atoms with Crippen molar-refractivity contribution in [1.29, 1.82) is 0 Å². The average molecular weight is 346 g/mol. The lowest BCUT2D eigenvalue weighted by atomic mass is 9.59. The summed E-state index contributed by atoms with van der Waals surface area (Å²) in [5.74, 6) is 1.10. The fraction of sp³-hybridized carbons (Fsp3) is 0.714. The molecule has 25 heavy (non-hydrogen) atoms. The zero-order valence-corrected chi connectivity index (χ0v) is 15.3. The van der Waals surface area contributed by atoms with Crippen LogP contribution in [0.15, 0.2) is 24.3 Å². The molecule has 3 fully saturated rings. The van der Waals surface area contributed by atoms with Crippen molar-refractivity contribution < 1.29 is 19.7 Å². The standard InChI is InChI=1S/C21H30O4/c1-20(2,14-3-5-17(22)6-4-14)15-7-8-21(23,11-19-13-25-19)16(9-15)10-18-12-24-18/h3-6,15-16,18-19,22-23H,7-13H2,1-2H3. The van der Waals surface area contributed by atoms with Gasteiger partial charge in [-0.25, -0.2) is 0 Å². The summed E-state index contributed by atoms with van der Waals surface area (Å²) in [5, 5.41) is 20.9. The Morgan fingerprint density at radius 3 is 2.36 bits per heavy atom. The summed E-state index contributed by atoms with van der Waals surface area (Å²) in [6, 6.07) is 7.62. The number of rotatable bonds is 6. The average Bonchev–Trinajstić information content (AvgIpc) is 3.46. The van der Waals surface area contributed by atoms with Crippen molar-refractivity contribution in [3.8, 4) is 5.75 Å². The van der Waals surface area contributed by atoms with Crippen LogP contribution < -0.4 is 0 Å². The van der Waals surface area contributed by atoms with Crippen LogP contribution in [0.25, 0.3) is 0 Å². The number of hydrogen-bond donors (Lipinski definition) is 2. The zero-order valence-electron chi connectivity index (χ0n) is 15.3. The van der Waals surface area contributed by atoms with Gasteiger partial charge in [-0.3, -0.25) is 0 Å². The lowest BCUT2D eigenvalue weighted by Crippen LogP contribution is -2.48. The molecule has 138 valence electrons. The second kappa shape index (κ2) is 6.26. The monoisotopic (exact) mass is 346 g/mol. The molecule has 1 saturated carbocycles. The van der Waals surface area contributed by atoms with Gasteiger partial charge in [0.15, 0.2) is 0 Å². The van der Waals surface area contributed by atoms with Crippen molar-refractivity contribution >= 4 is 0 Å². The van der Waals surface area contributed by atoms with Crippen LogP contribution in [0, 0.1) is 11.8 Å². The van der Waals surface area contributed by atoms with Gasteiger partial charge in [-0.15, -0.1) is 0 Å². The van der Waals surface area contributed by atoms with E-state index in [2.05, 4.69) is 13.8 Å². The lowest BCUT2D eigenvalue weighted by Gasteiger charge is -2.48. The Hall–Kier alpha value is -1.10. The predicted octanol–water partition coefficient (Wildman–Crippen LogP) is 3.40. The number of epoxide rings is 2. The number of phenolic OH excluding ortho intramolecular Hbond substituents is 1. The number of hydrogen-bond acceptors (Lipinski definition) is 4. The molecule has 2 heterocycles. The Kier molecular flexibility index (Phi) is 4.33. The Morgan fingerprint density at radius 2 is 1.76 bits per heavy atom. The normalized spacial score (nSPS) is 37.7. The SMILES string of the molecule is CC(C)(c1ccc(O)cc1)C1CCC(O)(CC2CO2)C(CC2CO2)C1. The molecular weight excluding hydrogens is 316 g/mol. The third-order valence-electron chi connectivity index (χ3n) is 6.82. The molecule has 1 aromatic rings. The van der Waals surface area contributed by atoms with E-state index in [-0.39, 0.29) is 17.4 Å². The first-order chi connectivity index (χ1) is 11.9. The molecule has 0 aromatic heterocycles. The van der Waals surface area contributed by atoms with Gasteiger partial charge in [-0.05, 0) is 60.6 Å². The summed E-state index contributed by atoms with van der Waals surface area (Å²) < 4.78 is 10.9. The first kappa shape index (κ1) is 17.3.